The van der Waals surface area contributed by atoms with E-state index in [4.69, 9.17) is 16.3 Å². The summed E-state index contributed by atoms with van der Waals surface area (Å²) in [5, 5.41) is 10.5. The van der Waals surface area contributed by atoms with Gasteiger partial charge in [-0.3, -0.25) is 10.1 Å². The SMILES string of the molecule is CCC(C)c1cc([N+](=O)[O-])c([P+](=O)O)cc1Oc1ccc(C(F)(F)F)cc1Cl. The van der Waals surface area contributed by atoms with Gasteiger partial charge in [0.25, 0.3) is 0 Å². The maximum atomic E-state index is 12.8. The van der Waals surface area contributed by atoms with Crippen LogP contribution in [0.15, 0.2) is 30.3 Å². The second kappa shape index (κ2) is 8.43. The minimum atomic E-state index is -4.58. The first kappa shape index (κ1) is 22.1. The Morgan fingerprint density at radius 1 is 1.29 bits per heavy atom. The summed E-state index contributed by atoms with van der Waals surface area (Å²) in [6.07, 6.45) is -4.02. The summed E-state index contributed by atoms with van der Waals surface area (Å²) in [5.74, 6) is -0.339. The third kappa shape index (κ3) is 4.79. The molecule has 0 saturated carbocycles. The van der Waals surface area contributed by atoms with E-state index in [1.165, 1.54) is 0 Å². The highest BCUT2D eigenvalue weighted by molar-refractivity contribution is 7.47. The highest BCUT2D eigenvalue weighted by atomic mass is 35.5. The number of halogens is 4. The molecule has 0 aliphatic heterocycles. The van der Waals surface area contributed by atoms with Gasteiger partial charge in [0.2, 0.25) is 0 Å². The maximum Gasteiger partial charge on any atom is 0.553 e. The number of benzene rings is 2. The number of nitro benzene ring substituents is 1. The van der Waals surface area contributed by atoms with E-state index < -0.39 is 35.7 Å². The summed E-state index contributed by atoms with van der Waals surface area (Å²) in [7, 11) is -3.06. The van der Waals surface area contributed by atoms with Crippen molar-refractivity contribution in [1.29, 1.82) is 0 Å². The van der Waals surface area contributed by atoms with Crippen molar-refractivity contribution >= 4 is 30.6 Å². The van der Waals surface area contributed by atoms with Gasteiger partial charge in [-0.25, -0.2) is 0 Å². The molecule has 2 unspecified atom stereocenters. The average molecular weight is 437 g/mol. The van der Waals surface area contributed by atoms with E-state index in [9.17, 15) is 32.7 Å². The molecule has 0 amide bonds. The van der Waals surface area contributed by atoms with Crippen molar-refractivity contribution in [2.24, 2.45) is 0 Å². The minimum Gasteiger partial charge on any atom is -0.455 e. The lowest BCUT2D eigenvalue weighted by Gasteiger charge is -2.16. The zero-order valence-corrected chi connectivity index (χ0v) is 16.3. The highest BCUT2D eigenvalue weighted by Crippen LogP contribution is 2.40. The first-order valence-corrected chi connectivity index (χ1v) is 9.57. The fraction of sp³-hybridized carbons (Fsp3) is 0.294. The number of ether oxygens (including phenoxy) is 1. The van der Waals surface area contributed by atoms with Crippen molar-refractivity contribution in [2.75, 3.05) is 0 Å². The van der Waals surface area contributed by atoms with Crippen LogP contribution in [0.2, 0.25) is 5.02 Å². The van der Waals surface area contributed by atoms with Gasteiger partial charge < -0.3 is 4.74 Å². The van der Waals surface area contributed by atoms with Gasteiger partial charge in [0.1, 0.15) is 11.5 Å². The van der Waals surface area contributed by atoms with Crippen molar-refractivity contribution in [2.45, 2.75) is 32.4 Å². The predicted molar refractivity (Wildman–Crippen MR) is 97.8 cm³/mol. The molecule has 6 nitrogen and oxygen atoms in total. The molecule has 28 heavy (non-hydrogen) atoms. The van der Waals surface area contributed by atoms with Crippen molar-refractivity contribution in [3.05, 3.63) is 56.6 Å². The minimum absolute atomic E-state index is 0.00834. The van der Waals surface area contributed by atoms with E-state index in [1.807, 2.05) is 6.92 Å². The molecule has 2 aromatic carbocycles. The Kier molecular flexibility index (Phi) is 6.64. The third-order valence-electron chi connectivity index (χ3n) is 4.13. The van der Waals surface area contributed by atoms with E-state index in [0.717, 1.165) is 24.3 Å². The zero-order chi connectivity index (χ0) is 21.2. The molecule has 0 heterocycles. The standard InChI is InChI=1S/C17H14ClF3NO5P/c1-3-9(2)11-7-13(22(23)24)16(28(25)26)8-15(11)27-14-5-4-10(6-12(14)18)17(19,20)21/h4-9H,3H2,1-2H3/p+1. The van der Waals surface area contributed by atoms with Crippen LogP contribution >= 0.6 is 19.6 Å². The molecular formula is C17H15ClF3NO5P+. The van der Waals surface area contributed by atoms with Crippen LogP contribution in [-0.4, -0.2) is 9.82 Å². The van der Waals surface area contributed by atoms with E-state index >= 15 is 0 Å². The Labute approximate surface area is 163 Å². The predicted octanol–water partition coefficient (Wildman–Crippen LogP) is 5.93. The van der Waals surface area contributed by atoms with Crippen molar-refractivity contribution in [3.63, 3.8) is 0 Å². The van der Waals surface area contributed by atoms with Crippen LogP contribution in [0, 0.1) is 10.1 Å². The summed E-state index contributed by atoms with van der Waals surface area (Å²) in [5.41, 5.74) is -1.13. The Morgan fingerprint density at radius 3 is 2.39 bits per heavy atom. The molecule has 0 spiro atoms. The van der Waals surface area contributed by atoms with Crippen LogP contribution in [0.4, 0.5) is 18.9 Å². The number of alkyl halides is 3. The normalized spacial score (nSPS) is 13.2. The van der Waals surface area contributed by atoms with Gasteiger partial charge in [-0.1, -0.05) is 25.4 Å². The molecule has 0 saturated heterocycles. The summed E-state index contributed by atoms with van der Waals surface area (Å²) >= 11 is 5.89. The largest absolute Gasteiger partial charge is 0.553 e. The van der Waals surface area contributed by atoms with Crippen LogP contribution in [-0.2, 0) is 10.7 Å². The number of rotatable bonds is 6. The average Bonchev–Trinajstić information content (AvgIpc) is 2.61. The van der Waals surface area contributed by atoms with Crippen LogP contribution < -0.4 is 10.0 Å². The Bertz CT molecular complexity index is 936. The second-order valence-corrected chi connectivity index (χ2v) is 7.40. The number of nitrogens with zero attached hydrogens (tertiary/aromatic N) is 1. The van der Waals surface area contributed by atoms with Gasteiger partial charge in [0, 0.05) is 17.7 Å². The maximum absolute atomic E-state index is 12.8. The van der Waals surface area contributed by atoms with Crippen LogP contribution in [0.25, 0.3) is 0 Å². The van der Waals surface area contributed by atoms with E-state index in [1.54, 1.807) is 6.92 Å². The molecule has 2 rings (SSSR count). The van der Waals surface area contributed by atoms with Crippen molar-refractivity contribution in [3.8, 4) is 11.5 Å². The van der Waals surface area contributed by atoms with E-state index in [2.05, 4.69) is 0 Å². The zero-order valence-electron chi connectivity index (χ0n) is 14.7. The van der Waals surface area contributed by atoms with Crippen LogP contribution in [0.5, 0.6) is 11.5 Å². The number of hydrogen-bond acceptors (Lipinski definition) is 4. The second-order valence-electron chi connectivity index (χ2n) is 5.96. The first-order valence-electron chi connectivity index (χ1n) is 7.98. The Hall–Kier alpha value is -2.22. The third-order valence-corrected chi connectivity index (χ3v) is 5.20. The number of nitro groups is 1. The van der Waals surface area contributed by atoms with Gasteiger partial charge in [-0.15, -0.1) is 0 Å². The Morgan fingerprint density at radius 2 is 1.93 bits per heavy atom. The molecule has 0 fully saturated rings. The topological polar surface area (TPSA) is 89.7 Å². The molecule has 0 aliphatic carbocycles. The fourth-order valence-electron chi connectivity index (χ4n) is 2.45. The van der Waals surface area contributed by atoms with Gasteiger partial charge in [-0.2, -0.15) is 18.1 Å². The summed E-state index contributed by atoms with van der Waals surface area (Å²) < 4.78 is 55.5. The summed E-state index contributed by atoms with van der Waals surface area (Å²) in [6.45, 7) is 3.59. The molecule has 2 aromatic rings. The van der Waals surface area contributed by atoms with Crippen LogP contribution in [0.3, 0.4) is 0 Å². The fourth-order valence-corrected chi connectivity index (χ4v) is 3.23. The molecule has 0 bridgehead atoms. The quantitative estimate of drug-likeness (QED) is 0.344. The molecule has 0 radical (unpaired) electrons. The molecule has 0 aromatic heterocycles. The summed E-state index contributed by atoms with van der Waals surface area (Å²) in [6, 6.07) is 4.68. The molecule has 0 aliphatic rings. The van der Waals surface area contributed by atoms with Crippen molar-refractivity contribution in [1.82, 2.24) is 0 Å². The van der Waals surface area contributed by atoms with E-state index in [0.29, 0.717) is 18.1 Å². The lowest BCUT2D eigenvalue weighted by molar-refractivity contribution is -0.383. The van der Waals surface area contributed by atoms with Crippen molar-refractivity contribution < 1.29 is 32.3 Å². The molecule has 11 heteroatoms. The summed E-state index contributed by atoms with van der Waals surface area (Å²) in [4.78, 5) is 19.9. The van der Waals surface area contributed by atoms with E-state index in [-0.39, 0.29) is 22.4 Å². The molecule has 150 valence electrons. The number of hydrogen-bond donors (Lipinski definition) is 1. The van der Waals surface area contributed by atoms with Gasteiger partial charge in [-0.05, 0) is 35.1 Å². The monoisotopic (exact) mass is 436 g/mol. The Balaban J connectivity index is 2.59. The smallest absolute Gasteiger partial charge is 0.455 e. The molecular weight excluding hydrogens is 422 g/mol. The lowest BCUT2D eigenvalue weighted by Crippen LogP contribution is -2.09. The lowest BCUT2D eigenvalue weighted by atomic mass is 9.97. The molecule has 1 N–H and O–H groups in total. The first-order chi connectivity index (χ1) is 13.0. The highest BCUT2D eigenvalue weighted by Gasteiger charge is 2.34. The van der Waals surface area contributed by atoms with Gasteiger partial charge in [0.05, 0.1) is 15.5 Å². The van der Waals surface area contributed by atoms with Gasteiger partial charge in [0.15, 0.2) is 0 Å². The van der Waals surface area contributed by atoms with Crippen LogP contribution in [0.1, 0.15) is 37.3 Å². The van der Waals surface area contributed by atoms with Gasteiger partial charge >= 0.3 is 25.2 Å². The molecule has 2 atom stereocenters.